The molecule has 2 rings (SSSR count). The molecule has 0 unspecified atom stereocenters. The monoisotopic (exact) mass is 294 g/mol. The van der Waals surface area contributed by atoms with Crippen molar-refractivity contribution in [1.29, 1.82) is 0 Å². The van der Waals surface area contributed by atoms with Gasteiger partial charge in [0.25, 0.3) is 0 Å². The first kappa shape index (κ1) is 15.1. The van der Waals surface area contributed by atoms with Gasteiger partial charge in [-0.05, 0) is 25.8 Å². The molecule has 0 amide bonds. The maximum absolute atomic E-state index is 9.33. The molecule has 1 aromatic heterocycles. The van der Waals surface area contributed by atoms with Crippen LogP contribution in [-0.2, 0) is 0 Å². The Labute approximate surface area is 125 Å². The van der Waals surface area contributed by atoms with Crippen LogP contribution >= 0.6 is 12.2 Å². The first-order valence-electron chi connectivity index (χ1n) is 7.15. The van der Waals surface area contributed by atoms with E-state index < -0.39 is 0 Å². The Hall–Kier alpha value is -1.27. The fourth-order valence-electron chi connectivity index (χ4n) is 2.75. The molecule has 6 heteroatoms. The second kappa shape index (κ2) is 6.95. The number of hydrogen-bond acceptors (Lipinski definition) is 5. The van der Waals surface area contributed by atoms with E-state index in [2.05, 4.69) is 14.9 Å². The summed E-state index contributed by atoms with van der Waals surface area (Å²) >= 11 is 5.01. The third-order valence-electron chi connectivity index (χ3n) is 3.71. The van der Waals surface area contributed by atoms with Crippen molar-refractivity contribution >= 4 is 23.2 Å². The average molecular weight is 294 g/mol. The van der Waals surface area contributed by atoms with Crippen molar-refractivity contribution in [2.24, 2.45) is 5.73 Å². The second-order valence-electron chi connectivity index (χ2n) is 5.27. The van der Waals surface area contributed by atoms with Gasteiger partial charge in [-0.25, -0.2) is 9.97 Å². The van der Waals surface area contributed by atoms with Crippen LogP contribution < -0.4 is 10.6 Å². The molecule has 1 aliphatic rings. The summed E-state index contributed by atoms with van der Waals surface area (Å²) in [5.41, 5.74) is 7.12. The maximum atomic E-state index is 9.33. The second-order valence-corrected chi connectivity index (χ2v) is 5.71. The normalized spacial score (nSPS) is 16.1. The lowest BCUT2D eigenvalue weighted by Crippen LogP contribution is -2.40. The Morgan fingerprint density at radius 1 is 1.40 bits per heavy atom. The van der Waals surface area contributed by atoms with E-state index in [9.17, 15) is 5.11 Å². The number of rotatable bonds is 5. The Balaban J connectivity index is 2.30. The zero-order valence-corrected chi connectivity index (χ0v) is 12.7. The van der Waals surface area contributed by atoms with Gasteiger partial charge in [-0.3, -0.25) is 0 Å². The minimum atomic E-state index is 0.0935. The molecule has 110 valence electrons. The van der Waals surface area contributed by atoms with E-state index in [0.29, 0.717) is 24.2 Å². The molecule has 1 heterocycles. The number of aryl methyl sites for hydroxylation is 1. The van der Waals surface area contributed by atoms with E-state index in [1.807, 2.05) is 6.92 Å². The number of nitrogens with zero attached hydrogens (tertiary/aromatic N) is 3. The van der Waals surface area contributed by atoms with Gasteiger partial charge < -0.3 is 15.7 Å². The summed E-state index contributed by atoms with van der Waals surface area (Å²) in [4.78, 5) is 11.4. The first-order valence-corrected chi connectivity index (χ1v) is 7.55. The van der Waals surface area contributed by atoms with Crippen molar-refractivity contribution < 1.29 is 5.11 Å². The molecular weight excluding hydrogens is 272 g/mol. The molecule has 3 N–H and O–H groups in total. The lowest BCUT2D eigenvalue weighted by atomic mass is 9.94. The standard InChI is InChI=1S/C14H22N4OS/c1-10-9-12(13(15)20)17-14(16-10)18(7-8-19)11-5-3-2-4-6-11/h9,11,19H,2-8H2,1H3,(H2,15,20). The van der Waals surface area contributed by atoms with Crippen LogP contribution in [0.5, 0.6) is 0 Å². The number of aliphatic hydroxyl groups excluding tert-OH is 1. The smallest absolute Gasteiger partial charge is 0.226 e. The third-order valence-corrected chi connectivity index (χ3v) is 3.92. The Morgan fingerprint density at radius 2 is 2.10 bits per heavy atom. The van der Waals surface area contributed by atoms with Crippen LogP contribution in [0.1, 0.15) is 43.5 Å². The summed E-state index contributed by atoms with van der Waals surface area (Å²) in [5, 5.41) is 9.33. The minimum absolute atomic E-state index is 0.0935. The van der Waals surface area contributed by atoms with Gasteiger partial charge in [0.15, 0.2) is 0 Å². The molecule has 1 aromatic rings. The zero-order chi connectivity index (χ0) is 14.5. The summed E-state index contributed by atoms with van der Waals surface area (Å²) < 4.78 is 0. The van der Waals surface area contributed by atoms with Gasteiger partial charge in [0.1, 0.15) is 10.7 Å². The van der Waals surface area contributed by atoms with Crippen LogP contribution in [0.4, 0.5) is 5.95 Å². The van der Waals surface area contributed by atoms with E-state index in [0.717, 1.165) is 18.5 Å². The number of hydrogen-bond donors (Lipinski definition) is 2. The van der Waals surface area contributed by atoms with E-state index in [4.69, 9.17) is 18.0 Å². The largest absolute Gasteiger partial charge is 0.395 e. The predicted octanol–water partition coefficient (Wildman–Crippen LogP) is 1.55. The van der Waals surface area contributed by atoms with Crippen molar-refractivity contribution in [1.82, 2.24) is 9.97 Å². The summed E-state index contributed by atoms with van der Waals surface area (Å²) in [6.07, 6.45) is 5.98. The maximum Gasteiger partial charge on any atom is 0.226 e. The topological polar surface area (TPSA) is 75.3 Å². The van der Waals surface area contributed by atoms with Gasteiger partial charge >= 0.3 is 0 Å². The highest BCUT2D eigenvalue weighted by Crippen LogP contribution is 2.25. The van der Waals surface area contributed by atoms with Gasteiger partial charge in [0.05, 0.1) is 6.61 Å². The number of nitrogens with two attached hydrogens (primary N) is 1. The van der Waals surface area contributed by atoms with Gasteiger partial charge in [-0.2, -0.15) is 0 Å². The zero-order valence-electron chi connectivity index (χ0n) is 11.9. The van der Waals surface area contributed by atoms with Crippen molar-refractivity contribution in [2.75, 3.05) is 18.1 Å². The Kier molecular flexibility index (Phi) is 5.25. The number of thiocarbonyl (C=S) groups is 1. The van der Waals surface area contributed by atoms with Crippen molar-refractivity contribution in [2.45, 2.75) is 45.1 Å². The predicted molar refractivity (Wildman–Crippen MR) is 84.0 cm³/mol. The van der Waals surface area contributed by atoms with Crippen LogP contribution in [0.3, 0.4) is 0 Å². The van der Waals surface area contributed by atoms with E-state index >= 15 is 0 Å². The van der Waals surface area contributed by atoms with Gasteiger partial charge in [0.2, 0.25) is 5.95 Å². The van der Waals surface area contributed by atoms with Crippen LogP contribution in [-0.4, -0.2) is 39.3 Å². The lowest BCUT2D eigenvalue weighted by Gasteiger charge is -2.34. The van der Waals surface area contributed by atoms with E-state index in [-0.39, 0.29) is 11.6 Å². The molecule has 1 aliphatic carbocycles. The van der Waals surface area contributed by atoms with Crippen molar-refractivity contribution in [3.63, 3.8) is 0 Å². The van der Waals surface area contributed by atoms with Crippen LogP contribution in [0.15, 0.2) is 6.07 Å². The molecule has 0 saturated heterocycles. The highest BCUT2D eigenvalue weighted by atomic mass is 32.1. The lowest BCUT2D eigenvalue weighted by molar-refractivity contribution is 0.288. The van der Waals surface area contributed by atoms with Gasteiger partial charge in [-0.15, -0.1) is 0 Å². The molecule has 0 aliphatic heterocycles. The van der Waals surface area contributed by atoms with E-state index in [1.54, 1.807) is 6.07 Å². The number of aliphatic hydroxyl groups is 1. The molecule has 5 nitrogen and oxygen atoms in total. The first-order chi connectivity index (χ1) is 9.61. The molecular formula is C14H22N4OS. The third kappa shape index (κ3) is 3.64. The molecule has 0 spiro atoms. The summed E-state index contributed by atoms with van der Waals surface area (Å²) in [6.45, 7) is 2.55. The van der Waals surface area contributed by atoms with Gasteiger partial charge in [-0.1, -0.05) is 31.5 Å². The molecule has 1 saturated carbocycles. The van der Waals surface area contributed by atoms with E-state index in [1.165, 1.54) is 19.3 Å². The highest BCUT2D eigenvalue weighted by Gasteiger charge is 2.23. The molecule has 0 radical (unpaired) electrons. The fourth-order valence-corrected chi connectivity index (χ4v) is 2.86. The van der Waals surface area contributed by atoms with Gasteiger partial charge in [0, 0.05) is 18.3 Å². The fraction of sp³-hybridized carbons (Fsp3) is 0.643. The molecule has 0 aromatic carbocycles. The number of aromatic nitrogens is 2. The molecule has 0 bridgehead atoms. The molecule has 0 atom stereocenters. The highest BCUT2D eigenvalue weighted by molar-refractivity contribution is 7.80. The Morgan fingerprint density at radius 3 is 2.70 bits per heavy atom. The summed E-state index contributed by atoms with van der Waals surface area (Å²) in [5.74, 6) is 0.633. The van der Waals surface area contributed by atoms with Crippen molar-refractivity contribution in [3.05, 3.63) is 17.5 Å². The SMILES string of the molecule is Cc1cc(C(N)=S)nc(N(CCO)C2CCCCC2)n1. The number of anilines is 1. The van der Waals surface area contributed by atoms with Crippen molar-refractivity contribution in [3.8, 4) is 0 Å². The quantitative estimate of drug-likeness (QED) is 0.803. The summed E-state index contributed by atoms with van der Waals surface area (Å²) in [7, 11) is 0. The van der Waals surface area contributed by atoms with Crippen LogP contribution in [0.25, 0.3) is 0 Å². The summed E-state index contributed by atoms with van der Waals surface area (Å²) in [6, 6.07) is 2.20. The average Bonchev–Trinajstić information content (AvgIpc) is 2.45. The van der Waals surface area contributed by atoms with Crippen LogP contribution in [0, 0.1) is 6.92 Å². The Bertz CT molecular complexity index is 474. The minimum Gasteiger partial charge on any atom is -0.395 e. The van der Waals surface area contributed by atoms with Crippen LogP contribution in [0.2, 0.25) is 0 Å². The molecule has 20 heavy (non-hydrogen) atoms. The molecule has 1 fully saturated rings.